The summed E-state index contributed by atoms with van der Waals surface area (Å²) in [6, 6.07) is 0. The summed E-state index contributed by atoms with van der Waals surface area (Å²) in [5.41, 5.74) is 5.44. The molecule has 0 aromatic carbocycles. The second-order valence-corrected chi connectivity index (χ2v) is 6.40. The molecule has 2 rings (SSSR count). The third kappa shape index (κ3) is 2.39. The van der Waals surface area contributed by atoms with E-state index in [0.29, 0.717) is 25.9 Å². The van der Waals surface area contributed by atoms with Crippen molar-refractivity contribution in [3.05, 3.63) is 12.5 Å². The van der Waals surface area contributed by atoms with Crippen LogP contribution in [0.15, 0.2) is 17.6 Å². The van der Waals surface area contributed by atoms with Gasteiger partial charge in [-0.2, -0.15) is 4.31 Å². The molecule has 0 aliphatic carbocycles. The minimum absolute atomic E-state index is 0.000169. The molecule has 1 aliphatic heterocycles. The van der Waals surface area contributed by atoms with E-state index >= 15 is 0 Å². The van der Waals surface area contributed by atoms with Crippen LogP contribution in [-0.2, 0) is 17.1 Å². The number of amidine groups is 1. The highest BCUT2D eigenvalue weighted by Crippen LogP contribution is 2.22. The topological polar surface area (TPSA) is 105 Å². The lowest BCUT2D eigenvalue weighted by Gasteiger charge is -2.29. The minimum Gasteiger partial charge on any atom is -0.387 e. The molecule has 3 N–H and O–H groups in total. The summed E-state index contributed by atoms with van der Waals surface area (Å²) in [5, 5.41) is 7.45. The number of hydrogen-bond donors (Lipinski definition) is 2. The first-order chi connectivity index (χ1) is 8.41. The van der Waals surface area contributed by atoms with Crippen LogP contribution in [-0.4, -0.2) is 41.2 Å². The van der Waals surface area contributed by atoms with Gasteiger partial charge < -0.3 is 10.3 Å². The Labute approximate surface area is 106 Å². The van der Waals surface area contributed by atoms with E-state index in [2.05, 4.69) is 4.98 Å². The number of imidazole rings is 1. The second kappa shape index (κ2) is 4.69. The standard InChI is InChI=1S/C10H17N5O2S/c1-14-6-9(13-7-14)18(16,17)15-4-2-8(3-5-15)10(11)12/h6-8H,2-5H2,1H3,(H3,11,12). The summed E-state index contributed by atoms with van der Waals surface area (Å²) in [7, 11) is -1.77. The van der Waals surface area contributed by atoms with E-state index in [1.807, 2.05) is 0 Å². The Morgan fingerprint density at radius 1 is 1.50 bits per heavy atom. The predicted octanol–water partition coefficient (Wildman–Crippen LogP) is -0.243. The van der Waals surface area contributed by atoms with Gasteiger partial charge in [-0.05, 0) is 12.8 Å². The van der Waals surface area contributed by atoms with Crippen LogP contribution < -0.4 is 5.73 Å². The van der Waals surface area contributed by atoms with Crippen molar-refractivity contribution >= 4 is 15.9 Å². The number of piperidine rings is 1. The van der Waals surface area contributed by atoms with Gasteiger partial charge in [0.1, 0.15) is 0 Å². The molecule has 100 valence electrons. The molecule has 0 amide bonds. The first-order valence-corrected chi connectivity index (χ1v) is 7.17. The number of hydrogen-bond acceptors (Lipinski definition) is 4. The van der Waals surface area contributed by atoms with E-state index in [-0.39, 0.29) is 16.8 Å². The summed E-state index contributed by atoms with van der Waals surface area (Å²) in [5.74, 6) is 0.144. The highest BCUT2D eigenvalue weighted by atomic mass is 32.2. The van der Waals surface area contributed by atoms with Gasteiger partial charge in [0.05, 0.1) is 12.2 Å². The fourth-order valence-corrected chi connectivity index (χ4v) is 3.50. The summed E-state index contributed by atoms with van der Waals surface area (Å²) in [6.45, 7) is 0.784. The lowest BCUT2D eigenvalue weighted by molar-refractivity contribution is 0.314. The Hall–Kier alpha value is -1.41. The molecular formula is C10H17N5O2S. The van der Waals surface area contributed by atoms with Gasteiger partial charge in [-0.1, -0.05) is 0 Å². The molecule has 0 bridgehead atoms. The zero-order valence-corrected chi connectivity index (χ0v) is 11.0. The van der Waals surface area contributed by atoms with Crippen molar-refractivity contribution in [1.82, 2.24) is 13.9 Å². The largest absolute Gasteiger partial charge is 0.387 e. The van der Waals surface area contributed by atoms with Crippen LogP contribution in [0.3, 0.4) is 0 Å². The first kappa shape index (κ1) is 13.0. The molecule has 1 aromatic rings. The number of aromatic nitrogens is 2. The Bertz CT molecular complexity index is 542. The molecule has 0 spiro atoms. The van der Waals surface area contributed by atoms with E-state index in [1.54, 1.807) is 11.6 Å². The molecule has 1 aromatic heterocycles. The van der Waals surface area contributed by atoms with Crippen LogP contribution in [0, 0.1) is 11.3 Å². The van der Waals surface area contributed by atoms with Crippen LogP contribution >= 0.6 is 0 Å². The Morgan fingerprint density at radius 2 is 2.11 bits per heavy atom. The molecule has 2 heterocycles. The predicted molar refractivity (Wildman–Crippen MR) is 66.6 cm³/mol. The lowest BCUT2D eigenvalue weighted by atomic mass is 9.97. The quantitative estimate of drug-likeness (QED) is 0.584. The molecule has 0 unspecified atom stereocenters. The van der Waals surface area contributed by atoms with Gasteiger partial charge in [0.15, 0.2) is 5.03 Å². The van der Waals surface area contributed by atoms with Crippen molar-refractivity contribution in [2.45, 2.75) is 17.9 Å². The van der Waals surface area contributed by atoms with E-state index in [4.69, 9.17) is 11.1 Å². The number of nitrogens with zero attached hydrogens (tertiary/aromatic N) is 3. The van der Waals surface area contributed by atoms with Gasteiger partial charge in [-0.25, -0.2) is 13.4 Å². The van der Waals surface area contributed by atoms with Crippen LogP contribution in [0.4, 0.5) is 0 Å². The SMILES string of the molecule is Cn1cnc(S(=O)(=O)N2CCC(C(=N)N)CC2)c1. The third-order valence-corrected chi connectivity index (χ3v) is 4.96. The van der Waals surface area contributed by atoms with E-state index in [0.717, 1.165) is 0 Å². The zero-order chi connectivity index (χ0) is 13.3. The molecule has 7 nitrogen and oxygen atoms in total. The van der Waals surface area contributed by atoms with E-state index < -0.39 is 10.0 Å². The summed E-state index contributed by atoms with van der Waals surface area (Å²) in [4.78, 5) is 3.88. The fourth-order valence-electron chi connectivity index (χ4n) is 2.06. The van der Waals surface area contributed by atoms with Gasteiger partial charge in [-0.15, -0.1) is 0 Å². The molecule has 1 saturated heterocycles. The van der Waals surface area contributed by atoms with Crippen molar-refractivity contribution in [1.29, 1.82) is 5.41 Å². The maximum Gasteiger partial charge on any atom is 0.262 e. The van der Waals surface area contributed by atoms with Crippen molar-refractivity contribution in [3.8, 4) is 0 Å². The molecule has 1 fully saturated rings. The first-order valence-electron chi connectivity index (χ1n) is 5.73. The average molecular weight is 271 g/mol. The number of nitrogens with two attached hydrogens (primary N) is 1. The van der Waals surface area contributed by atoms with Gasteiger partial charge in [0, 0.05) is 32.3 Å². The smallest absolute Gasteiger partial charge is 0.262 e. The molecule has 0 saturated carbocycles. The van der Waals surface area contributed by atoms with Gasteiger partial charge >= 0.3 is 0 Å². The van der Waals surface area contributed by atoms with Gasteiger partial charge in [0.2, 0.25) is 0 Å². The second-order valence-electron chi connectivity index (χ2n) is 4.51. The molecule has 18 heavy (non-hydrogen) atoms. The minimum atomic E-state index is -3.50. The number of rotatable bonds is 3. The average Bonchev–Trinajstić information content (AvgIpc) is 2.76. The van der Waals surface area contributed by atoms with Crippen LogP contribution in [0.25, 0.3) is 0 Å². The monoisotopic (exact) mass is 271 g/mol. The Balaban J connectivity index is 2.12. The van der Waals surface area contributed by atoms with Crippen LogP contribution in [0.1, 0.15) is 12.8 Å². The normalized spacial score (nSPS) is 18.9. The summed E-state index contributed by atoms with van der Waals surface area (Å²) < 4.78 is 27.5. The highest BCUT2D eigenvalue weighted by Gasteiger charge is 2.31. The number of aryl methyl sites for hydroxylation is 1. The fraction of sp³-hybridized carbons (Fsp3) is 0.600. The lowest BCUT2D eigenvalue weighted by Crippen LogP contribution is -2.41. The molecule has 0 atom stereocenters. The molecule has 0 radical (unpaired) electrons. The molecule has 1 aliphatic rings. The molecule has 8 heteroatoms. The Kier molecular flexibility index (Phi) is 3.40. The summed E-state index contributed by atoms with van der Waals surface area (Å²) >= 11 is 0. The molecular weight excluding hydrogens is 254 g/mol. The van der Waals surface area contributed by atoms with Crippen molar-refractivity contribution in [3.63, 3.8) is 0 Å². The van der Waals surface area contributed by atoms with Gasteiger partial charge in [-0.3, -0.25) is 5.41 Å². The summed E-state index contributed by atoms with van der Waals surface area (Å²) in [6.07, 6.45) is 4.16. The number of sulfonamides is 1. The number of nitrogens with one attached hydrogen (secondary N) is 1. The van der Waals surface area contributed by atoms with Crippen molar-refractivity contribution in [2.24, 2.45) is 18.7 Å². The van der Waals surface area contributed by atoms with Gasteiger partial charge in [0.25, 0.3) is 10.0 Å². The Morgan fingerprint density at radius 3 is 2.56 bits per heavy atom. The van der Waals surface area contributed by atoms with Crippen molar-refractivity contribution < 1.29 is 8.42 Å². The van der Waals surface area contributed by atoms with E-state index in [1.165, 1.54) is 16.8 Å². The van der Waals surface area contributed by atoms with E-state index in [9.17, 15) is 8.42 Å². The zero-order valence-electron chi connectivity index (χ0n) is 10.2. The third-order valence-electron chi connectivity index (χ3n) is 3.18. The highest BCUT2D eigenvalue weighted by molar-refractivity contribution is 7.89. The maximum absolute atomic E-state index is 12.2. The maximum atomic E-state index is 12.2. The van der Waals surface area contributed by atoms with Crippen LogP contribution in [0.2, 0.25) is 0 Å². The van der Waals surface area contributed by atoms with Crippen LogP contribution in [0.5, 0.6) is 0 Å². The van der Waals surface area contributed by atoms with Crippen molar-refractivity contribution in [2.75, 3.05) is 13.1 Å².